The summed E-state index contributed by atoms with van der Waals surface area (Å²) in [5.41, 5.74) is 0. The number of aromatic nitrogens is 2. The van der Waals surface area contributed by atoms with Crippen molar-refractivity contribution in [3.63, 3.8) is 0 Å². The molecule has 1 aromatic rings. The molecule has 1 heterocycles. The maximum atomic E-state index is 5.59. The molecule has 0 saturated heterocycles. The molecule has 20 heavy (non-hydrogen) atoms. The summed E-state index contributed by atoms with van der Waals surface area (Å²) in [7, 11) is 1.68. The van der Waals surface area contributed by atoms with Crippen molar-refractivity contribution < 1.29 is 9.15 Å². The van der Waals surface area contributed by atoms with Crippen molar-refractivity contribution in [1.29, 1.82) is 0 Å². The number of rotatable bonds is 8. The van der Waals surface area contributed by atoms with Gasteiger partial charge < -0.3 is 19.8 Å². The molecule has 2 N–H and O–H groups in total. The summed E-state index contributed by atoms with van der Waals surface area (Å²) in [5.74, 6) is 0.612. The SMILES string of the molecule is COCCNCc1nnc(NC2CCCC(SC)C2)o1. The quantitative estimate of drug-likeness (QED) is 0.710. The second kappa shape index (κ2) is 8.49. The van der Waals surface area contributed by atoms with Crippen molar-refractivity contribution in [2.45, 2.75) is 43.5 Å². The van der Waals surface area contributed by atoms with Crippen LogP contribution in [-0.4, -0.2) is 48.0 Å². The Morgan fingerprint density at radius 2 is 2.30 bits per heavy atom. The minimum Gasteiger partial charge on any atom is -0.407 e. The summed E-state index contributed by atoms with van der Waals surface area (Å²) in [6.07, 6.45) is 7.12. The molecular formula is C13H24N4O2S. The Kier molecular flexibility index (Phi) is 6.62. The second-order valence-corrected chi connectivity index (χ2v) is 6.17. The van der Waals surface area contributed by atoms with Crippen LogP contribution >= 0.6 is 11.8 Å². The number of nitrogens with zero attached hydrogens (tertiary/aromatic N) is 2. The normalized spacial score (nSPS) is 22.9. The van der Waals surface area contributed by atoms with E-state index in [9.17, 15) is 0 Å². The number of methoxy groups -OCH3 is 1. The molecule has 0 amide bonds. The van der Waals surface area contributed by atoms with Crippen molar-refractivity contribution in [3.8, 4) is 0 Å². The Hall–Kier alpha value is -0.790. The number of thioether (sulfide) groups is 1. The molecule has 2 unspecified atom stereocenters. The van der Waals surface area contributed by atoms with E-state index < -0.39 is 0 Å². The first-order chi connectivity index (χ1) is 9.81. The lowest BCUT2D eigenvalue weighted by atomic mass is 9.95. The number of anilines is 1. The fourth-order valence-electron chi connectivity index (χ4n) is 2.42. The number of hydrogen-bond donors (Lipinski definition) is 2. The lowest BCUT2D eigenvalue weighted by molar-refractivity contribution is 0.198. The van der Waals surface area contributed by atoms with Crippen molar-refractivity contribution >= 4 is 17.8 Å². The van der Waals surface area contributed by atoms with Crippen LogP contribution in [0.15, 0.2) is 4.42 Å². The van der Waals surface area contributed by atoms with Gasteiger partial charge in [-0.3, -0.25) is 0 Å². The smallest absolute Gasteiger partial charge is 0.315 e. The van der Waals surface area contributed by atoms with Gasteiger partial charge in [0.25, 0.3) is 0 Å². The molecule has 1 aromatic heterocycles. The molecule has 0 bridgehead atoms. The maximum absolute atomic E-state index is 5.59. The van der Waals surface area contributed by atoms with Gasteiger partial charge in [0.1, 0.15) is 0 Å². The van der Waals surface area contributed by atoms with E-state index in [1.54, 1.807) is 7.11 Å². The summed E-state index contributed by atoms with van der Waals surface area (Å²) >= 11 is 1.95. The van der Waals surface area contributed by atoms with Crippen LogP contribution in [0.3, 0.4) is 0 Å². The Morgan fingerprint density at radius 3 is 3.10 bits per heavy atom. The van der Waals surface area contributed by atoms with Crippen molar-refractivity contribution in [3.05, 3.63) is 5.89 Å². The molecule has 0 aliphatic heterocycles. The zero-order valence-corrected chi connectivity index (χ0v) is 13.0. The monoisotopic (exact) mass is 300 g/mol. The largest absolute Gasteiger partial charge is 0.407 e. The molecule has 1 saturated carbocycles. The molecule has 6 nitrogen and oxygen atoms in total. The van der Waals surface area contributed by atoms with Gasteiger partial charge in [-0.2, -0.15) is 11.8 Å². The summed E-state index contributed by atoms with van der Waals surface area (Å²) < 4.78 is 10.6. The van der Waals surface area contributed by atoms with Gasteiger partial charge in [-0.1, -0.05) is 11.5 Å². The van der Waals surface area contributed by atoms with E-state index in [0.29, 0.717) is 31.1 Å². The number of ether oxygens (including phenoxy) is 1. The molecule has 2 atom stereocenters. The van der Waals surface area contributed by atoms with E-state index >= 15 is 0 Å². The third kappa shape index (κ3) is 4.96. The molecule has 1 aliphatic rings. The molecule has 114 valence electrons. The van der Waals surface area contributed by atoms with Crippen LogP contribution in [0.25, 0.3) is 0 Å². The zero-order chi connectivity index (χ0) is 14.2. The number of hydrogen-bond acceptors (Lipinski definition) is 7. The molecule has 0 radical (unpaired) electrons. The Bertz CT molecular complexity index is 388. The molecule has 2 rings (SSSR count). The van der Waals surface area contributed by atoms with E-state index in [4.69, 9.17) is 9.15 Å². The zero-order valence-electron chi connectivity index (χ0n) is 12.2. The minimum atomic E-state index is 0.455. The van der Waals surface area contributed by atoms with E-state index in [1.165, 1.54) is 25.7 Å². The van der Waals surface area contributed by atoms with Crippen LogP contribution in [0.2, 0.25) is 0 Å². The van der Waals surface area contributed by atoms with Crippen LogP contribution in [0.5, 0.6) is 0 Å². The highest BCUT2D eigenvalue weighted by atomic mass is 32.2. The van der Waals surface area contributed by atoms with Crippen LogP contribution < -0.4 is 10.6 Å². The molecule has 1 aliphatic carbocycles. The fraction of sp³-hybridized carbons (Fsp3) is 0.846. The van der Waals surface area contributed by atoms with E-state index in [0.717, 1.165) is 11.8 Å². The minimum absolute atomic E-state index is 0.455. The summed E-state index contributed by atoms with van der Waals surface area (Å²) in [5, 5.41) is 15.4. The first kappa shape index (κ1) is 15.6. The Balaban J connectivity index is 1.74. The molecule has 7 heteroatoms. The van der Waals surface area contributed by atoms with E-state index in [-0.39, 0.29) is 0 Å². The molecule has 0 spiro atoms. The first-order valence-electron chi connectivity index (χ1n) is 7.13. The highest BCUT2D eigenvalue weighted by Crippen LogP contribution is 2.28. The number of nitrogens with one attached hydrogen (secondary N) is 2. The third-order valence-corrected chi connectivity index (χ3v) is 4.61. The average Bonchev–Trinajstić information content (AvgIpc) is 2.91. The third-order valence-electron chi connectivity index (χ3n) is 3.51. The van der Waals surface area contributed by atoms with Crippen molar-refractivity contribution in [2.75, 3.05) is 31.8 Å². The lowest BCUT2D eigenvalue weighted by Gasteiger charge is -2.27. The van der Waals surface area contributed by atoms with E-state index in [2.05, 4.69) is 27.1 Å². The van der Waals surface area contributed by atoms with Gasteiger partial charge in [-0.05, 0) is 25.5 Å². The van der Waals surface area contributed by atoms with Crippen LogP contribution in [0.4, 0.5) is 6.01 Å². The van der Waals surface area contributed by atoms with Gasteiger partial charge in [-0.15, -0.1) is 5.10 Å². The van der Waals surface area contributed by atoms with Crippen LogP contribution in [0.1, 0.15) is 31.6 Å². The van der Waals surface area contributed by atoms with Crippen LogP contribution in [-0.2, 0) is 11.3 Å². The van der Waals surface area contributed by atoms with Crippen LogP contribution in [0, 0.1) is 0 Å². The predicted octanol–water partition coefficient (Wildman–Crippen LogP) is 1.89. The summed E-state index contributed by atoms with van der Waals surface area (Å²) in [6.45, 7) is 2.03. The van der Waals surface area contributed by atoms with E-state index in [1.807, 2.05) is 11.8 Å². The topological polar surface area (TPSA) is 72.2 Å². The second-order valence-electron chi connectivity index (χ2n) is 5.04. The standard InChI is InChI=1S/C13H24N4O2S/c1-18-7-6-14-9-12-16-17-13(19-12)15-10-4-3-5-11(8-10)20-2/h10-11,14H,3-9H2,1-2H3,(H,15,17). The first-order valence-corrected chi connectivity index (χ1v) is 8.42. The highest BCUT2D eigenvalue weighted by molar-refractivity contribution is 7.99. The predicted molar refractivity (Wildman–Crippen MR) is 81.1 cm³/mol. The van der Waals surface area contributed by atoms with Gasteiger partial charge >= 0.3 is 6.01 Å². The van der Waals surface area contributed by atoms with Gasteiger partial charge in [-0.25, -0.2) is 0 Å². The maximum Gasteiger partial charge on any atom is 0.315 e. The highest BCUT2D eigenvalue weighted by Gasteiger charge is 2.22. The lowest BCUT2D eigenvalue weighted by Crippen LogP contribution is -2.28. The molecule has 1 fully saturated rings. The summed E-state index contributed by atoms with van der Waals surface area (Å²) in [4.78, 5) is 0. The Labute approximate surface area is 124 Å². The van der Waals surface area contributed by atoms with Crippen molar-refractivity contribution in [1.82, 2.24) is 15.5 Å². The molecular weight excluding hydrogens is 276 g/mol. The van der Waals surface area contributed by atoms with Crippen molar-refractivity contribution in [2.24, 2.45) is 0 Å². The summed E-state index contributed by atoms with van der Waals surface area (Å²) in [6, 6.07) is 0.997. The van der Waals surface area contributed by atoms with Gasteiger partial charge in [0.05, 0.1) is 13.2 Å². The van der Waals surface area contributed by atoms with Gasteiger partial charge in [0.15, 0.2) is 0 Å². The average molecular weight is 300 g/mol. The van der Waals surface area contributed by atoms with Gasteiger partial charge in [0, 0.05) is 24.9 Å². The van der Waals surface area contributed by atoms with Gasteiger partial charge in [0.2, 0.25) is 5.89 Å². The Morgan fingerprint density at radius 1 is 1.40 bits per heavy atom. The fourth-order valence-corrected chi connectivity index (χ4v) is 3.24. The molecule has 0 aromatic carbocycles.